The molecule has 7 heteroatoms. The Kier molecular flexibility index (Phi) is 3.25. The highest BCUT2D eigenvalue weighted by Crippen LogP contribution is 2.18. The maximum atomic E-state index is 11.0. The van der Waals surface area contributed by atoms with E-state index in [0.717, 1.165) is 5.82 Å². The Bertz CT molecular complexity index is 450. The van der Waals surface area contributed by atoms with Crippen molar-refractivity contribution in [1.82, 2.24) is 20.1 Å². The zero-order chi connectivity index (χ0) is 11.6. The second-order valence-electron chi connectivity index (χ2n) is 4.21. The number of nitrogens with zero attached hydrogens (tertiary/aromatic N) is 3. The highest BCUT2D eigenvalue weighted by atomic mass is 32.2. The Balaban J connectivity index is 1.81. The van der Waals surface area contributed by atoms with Gasteiger partial charge in [0.25, 0.3) is 0 Å². The number of sulfone groups is 1. The summed E-state index contributed by atoms with van der Waals surface area (Å²) in [7, 11) is -2.93. The molecule has 90 valence electrons. The summed E-state index contributed by atoms with van der Waals surface area (Å²) in [5.74, 6) is 0.826. The van der Waals surface area contributed by atoms with Crippen molar-refractivity contribution in [1.29, 1.82) is 0 Å². The highest BCUT2D eigenvalue weighted by Gasteiger charge is 2.20. The lowest BCUT2D eigenvalue weighted by Crippen LogP contribution is -2.17. The quantitative estimate of drug-likeness (QED) is 0.735. The van der Waals surface area contributed by atoms with E-state index >= 15 is 0 Å². The molecule has 0 atom stereocenters. The Hall–Kier alpha value is -0.950. The summed E-state index contributed by atoms with van der Waals surface area (Å²) >= 11 is 0. The lowest BCUT2D eigenvalue weighted by molar-refractivity contribution is 0.580. The fourth-order valence-electron chi connectivity index (χ4n) is 1.30. The van der Waals surface area contributed by atoms with Crippen molar-refractivity contribution in [2.45, 2.75) is 32.0 Å². The Morgan fingerprint density at radius 2 is 2.31 bits per heavy atom. The minimum atomic E-state index is -2.93. The maximum Gasteiger partial charge on any atom is 0.164 e. The molecule has 0 radical (unpaired) electrons. The molecule has 1 fully saturated rings. The molecule has 0 spiro atoms. The van der Waals surface area contributed by atoms with Crippen LogP contribution >= 0.6 is 0 Å². The monoisotopic (exact) mass is 244 g/mol. The van der Waals surface area contributed by atoms with Crippen LogP contribution in [-0.4, -0.2) is 41.2 Å². The summed E-state index contributed by atoms with van der Waals surface area (Å²) in [6.07, 6.45) is 5.26. The van der Waals surface area contributed by atoms with E-state index in [9.17, 15) is 8.42 Å². The van der Waals surface area contributed by atoms with Crippen molar-refractivity contribution in [2.24, 2.45) is 0 Å². The van der Waals surface area contributed by atoms with Crippen molar-refractivity contribution in [3.63, 3.8) is 0 Å². The van der Waals surface area contributed by atoms with Crippen molar-refractivity contribution >= 4 is 9.84 Å². The van der Waals surface area contributed by atoms with Crippen LogP contribution in [0.4, 0.5) is 0 Å². The summed E-state index contributed by atoms with van der Waals surface area (Å²) in [6.45, 7) is 1.03. The third-order valence-electron chi connectivity index (χ3n) is 2.40. The van der Waals surface area contributed by atoms with E-state index in [-0.39, 0.29) is 5.75 Å². The molecule has 0 unspecified atom stereocenters. The number of rotatable bonds is 6. The van der Waals surface area contributed by atoms with Crippen LogP contribution in [0.2, 0.25) is 0 Å². The molecular formula is C9H16N4O2S. The van der Waals surface area contributed by atoms with Gasteiger partial charge in [-0.2, -0.15) is 5.10 Å². The number of hydrogen-bond donors (Lipinski definition) is 1. The van der Waals surface area contributed by atoms with Crippen molar-refractivity contribution < 1.29 is 8.42 Å². The van der Waals surface area contributed by atoms with E-state index in [1.165, 1.54) is 19.1 Å². The zero-order valence-electron chi connectivity index (χ0n) is 9.26. The zero-order valence-corrected chi connectivity index (χ0v) is 10.1. The number of nitrogens with one attached hydrogen (secondary N) is 1. The summed E-state index contributed by atoms with van der Waals surface area (Å²) in [6, 6.07) is 0.628. The van der Waals surface area contributed by atoms with Crippen molar-refractivity contribution in [3.8, 4) is 0 Å². The van der Waals surface area contributed by atoms with E-state index < -0.39 is 9.84 Å². The van der Waals surface area contributed by atoms with Crippen molar-refractivity contribution in [3.05, 3.63) is 12.2 Å². The molecule has 1 aliphatic carbocycles. The minimum absolute atomic E-state index is 0.103. The van der Waals surface area contributed by atoms with E-state index in [4.69, 9.17) is 0 Å². The van der Waals surface area contributed by atoms with Gasteiger partial charge in [0.15, 0.2) is 5.82 Å². The fourth-order valence-corrected chi connectivity index (χ4v) is 1.82. The predicted molar refractivity (Wildman–Crippen MR) is 59.6 cm³/mol. The van der Waals surface area contributed by atoms with Gasteiger partial charge in [-0.25, -0.2) is 13.4 Å². The lowest BCUT2D eigenvalue weighted by Gasteiger charge is -1.99. The van der Waals surface area contributed by atoms with E-state index in [0.29, 0.717) is 19.1 Å². The standard InChI is InChI=1S/C9H16N4O2S/c1-16(14,15)5-4-13-7-11-9(12-13)6-10-8-2-3-8/h7-8,10H,2-6H2,1H3. The largest absolute Gasteiger partial charge is 0.307 e. The average molecular weight is 244 g/mol. The summed E-state index contributed by atoms with van der Waals surface area (Å²) in [5.41, 5.74) is 0. The van der Waals surface area contributed by atoms with Crippen LogP contribution < -0.4 is 5.32 Å². The summed E-state index contributed by atoms with van der Waals surface area (Å²) < 4.78 is 23.5. The van der Waals surface area contributed by atoms with Gasteiger partial charge in [-0.15, -0.1) is 0 Å². The van der Waals surface area contributed by atoms with Crippen LogP contribution in [0.5, 0.6) is 0 Å². The second-order valence-corrected chi connectivity index (χ2v) is 6.47. The minimum Gasteiger partial charge on any atom is -0.307 e. The third kappa shape index (κ3) is 3.90. The number of hydrogen-bond acceptors (Lipinski definition) is 5. The smallest absolute Gasteiger partial charge is 0.164 e. The van der Waals surface area contributed by atoms with Gasteiger partial charge in [0, 0.05) is 12.3 Å². The first kappa shape index (κ1) is 11.5. The second kappa shape index (κ2) is 4.50. The molecule has 0 bridgehead atoms. The maximum absolute atomic E-state index is 11.0. The third-order valence-corrected chi connectivity index (χ3v) is 3.33. The van der Waals surface area contributed by atoms with Gasteiger partial charge in [-0.1, -0.05) is 0 Å². The molecule has 1 aromatic rings. The van der Waals surface area contributed by atoms with Crippen LogP contribution in [-0.2, 0) is 22.9 Å². The molecule has 0 saturated heterocycles. The fraction of sp³-hybridized carbons (Fsp3) is 0.778. The number of aromatic nitrogens is 3. The van der Waals surface area contributed by atoms with Gasteiger partial charge in [0.2, 0.25) is 0 Å². The first-order valence-corrected chi connectivity index (χ1v) is 7.38. The van der Waals surface area contributed by atoms with Gasteiger partial charge in [-0.3, -0.25) is 4.68 Å². The normalized spacial score (nSPS) is 16.6. The lowest BCUT2D eigenvalue weighted by atomic mass is 10.5. The average Bonchev–Trinajstić information content (AvgIpc) is 2.91. The molecule has 16 heavy (non-hydrogen) atoms. The van der Waals surface area contributed by atoms with Gasteiger partial charge in [-0.05, 0) is 12.8 Å². The van der Waals surface area contributed by atoms with E-state index in [2.05, 4.69) is 15.4 Å². The van der Waals surface area contributed by atoms with Crippen LogP contribution in [0, 0.1) is 0 Å². The topological polar surface area (TPSA) is 76.9 Å². The van der Waals surface area contributed by atoms with Gasteiger partial charge >= 0.3 is 0 Å². The van der Waals surface area contributed by atoms with Crippen molar-refractivity contribution in [2.75, 3.05) is 12.0 Å². The molecule has 6 nitrogen and oxygen atoms in total. The van der Waals surface area contributed by atoms with Gasteiger partial charge < -0.3 is 5.32 Å². The molecule has 1 heterocycles. The van der Waals surface area contributed by atoms with Crippen LogP contribution in [0.15, 0.2) is 6.33 Å². The highest BCUT2D eigenvalue weighted by molar-refractivity contribution is 7.90. The summed E-state index contributed by atoms with van der Waals surface area (Å²) in [5, 5.41) is 7.49. The van der Waals surface area contributed by atoms with E-state index in [1.807, 2.05) is 0 Å². The van der Waals surface area contributed by atoms with Gasteiger partial charge in [0.1, 0.15) is 16.2 Å². The molecule has 0 aliphatic heterocycles. The first-order chi connectivity index (χ1) is 7.53. The predicted octanol–water partition coefficient (Wildman–Crippen LogP) is -0.425. The Morgan fingerprint density at radius 1 is 1.56 bits per heavy atom. The number of aryl methyl sites for hydroxylation is 1. The molecule has 1 saturated carbocycles. The van der Waals surface area contributed by atoms with E-state index in [1.54, 1.807) is 11.0 Å². The SMILES string of the molecule is CS(=O)(=O)CCn1cnc(CNC2CC2)n1. The molecule has 0 aromatic carbocycles. The molecule has 1 aliphatic rings. The Morgan fingerprint density at radius 3 is 2.94 bits per heavy atom. The molecule has 2 rings (SSSR count). The summed E-state index contributed by atoms with van der Waals surface area (Å²) in [4.78, 5) is 4.11. The molecule has 1 aromatic heterocycles. The Labute approximate surface area is 95.0 Å². The first-order valence-electron chi connectivity index (χ1n) is 5.32. The van der Waals surface area contributed by atoms with Gasteiger partial charge in [0.05, 0.1) is 18.8 Å². The van der Waals surface area contributed by atoms with Crippen LogP contribution in [0.3, 0.4) is 0 Å². The molecule has 1 N–H and O–H groups in total. The van der Waals surface area contributed by atoms with Crippen LogP contribution in [0.1, 0.15) is 18.7 Å². The van der Waals surface area contributed by atoms with Crippen LogP contribution in [0.25, 0.3) is 0 Å². The molecular weight excluding hydrogens is 228 g/mol. The molecule has 0 amide bonds.